The van der Waals surface area contributed by atoms with Crippen LogP contribution in [0.3, 0.4) is 0 Å². The maximum absolute atomic E-state index is 11.3. The molecule has 0 saturated heterocycles. The lowest BCUT2D eigenvalue weighted by Gasteiger charge is -2.24. The van der Waals surface area contributed by atoms with Gasteiger partial charge in [-0.15, -0.1) is 0 Å². The van der Waals surface area contributed by atoms with Crippen molar-refractivity contribution in [3.8, 4) is 0 Å². The number of carboxylic acid groups (broad SMARTS) is 1. The van der Waals surface area contributed by atoms with E-state index in [1.54, 1.807) is 0 Å². The number of carbonyl (C=O) groups is 1. The topological polar surface area (TPSA) is 37.3 Å². The molecule has 0 amide bonds. The van der Waals surface area contributed by atoms with Crippen LogP contribution in [-0.4, -0.2) is 11.1 Å². The minimum absolute atomic E-state index is 0.490. The van der Waals surface area contributed by atoms with E-state index in [2.05, 4.69) is 13.8 Å². The van der Waals surface area contributed by atoms with E-state index in [1.165, 1.54) is 51.4 Å². The molecule has 0 bridgehead atoms. The van der Waals surface area contributed by atoms with Gasteiger partial charge in [-0.2, -0.15) is 0 Å². The summed E-state index contributed by atoms with van der Waals surface area (Å²) in [5, 5.41) is 9.29. The zero-order valence-corrected chi connectivity index (χ0v) is 13.3. The highest BCUT2D eigenvalue weighted by Crippen LogP contribution is 2.30. The summed E-state index contributed by atoms with van der Waals surface area (Å²) in [6, 6.07) is 0. The average Bonchev–Trinajstić information content (AvgIpc) is 2.37. The molecule has 114 valence electrons. The Kier molecular flexibility index (Phi) is 11.0. The fourth-order valence-corrected chi connectivity index (χ4v) is 2.72. The number of hydrogen-bond acceptors (Lipinski definition) is 1. The van der Waals surface area contributed by atoms with Gasteiger partial charge in [0.15, 0.2) is 0 Å². The van der Waals surface area contributed by atoms with Gasteiger partial charge in [0.25, 0.3) is 0 Å². The van der Waals surface area contributed by atoms with Gasteiger partial charge in [0.1, 0.15) is 0 Å². The van der Waals surface area contributed by atoms with Crippen molar-refractivity contribution >= 4 is 5.97 Å². The van der Waals surface area contributed by atoms with Crippen molar-refractivity contribution in [2.75, 3.05) is 0 Å². The zero-order valence-electron chi connectivity index (χ0n) is 13.3. The number of aliphatic carboxylic acids is 1. The predicted molar refractivity (Wildman–Crippen MR) is 82.5 cm³/mol. The number of hydrogen-bond donors (Lipinski definition) is 1. The van der Waals surface area contributed by atoms with E-state index in [0.717, 1.165) is 25.7 Å². The van der Waals surface area contributed by atoms with Crippen LogP contribution in [0.15, 0.2) is 0 Å². The third-order valence-corrected chi connectivity index (χ3v) is 4.15. The van der Waals surface area contributed by atoms with Crippen molar-refractivity contribution in [2.24, 2.45) is 5.41 Å². The molecular formula is C17H34O2. The highest BCUT2D eigenvalue weighted by Gasteiger charge is 2.31. The molecule has 1 N–H and O–H groups in total. The largest absolute Gasteiger partial charge is 0.481 e. The molecule has 0 aliphatic rings. The fourth-order valence-electron chi connectivity index (χ4n) is 2.72. The van der Waals surface area contributed by atoms with Gasteiger partial charge in [0.05, 0.1) is 5.41 Å². The van der Waals surface area contributed by atoms with Gasteiger partial charge in [-0.3, -0.25) is 4.79 Å². The smallest absolute Gasteiger partial charge is 0.309 e. The molecule has 0 fully saturated rings. The highest BCUT2D eigenvalue weighted by molar-refractivity contribution is 5.73. The first-order valence-corrected chi connectivity index (χ1v) is 8.30. The molecule has 0 spiro atoms. The molecule has 2 nitrogen and oxygen atoms in total. The second-order valence-electron chi connectivity index (χ2n) is 6.19. The third kappa shape index (κ3) is 9.07. The van der Waals surface area contributed by atoms with Crippen LogP contribution in [0.25, 0.3) is 0 Å². The minimum Gasteiger partial charge on any atom is -0.481 e. The molecule has 1 atom stereocenters. The Morgan fingerprint density at radius 3 is 1.68 bits per heavy atom. The SMILES string of the molecule is CCCCCCCCCCCC(C)(CCC)C(=O)O. The number of rotatable bonds is 13. The lowest BCUT2D eigenvalue weighted by molar-refractivity contribution is -0.148. The molecule has 0 aliphatic heterocycles. The lowest BCUT2D eigenvalue weighted by atomic mass is 9.80. The van der Waals surface area contributed by atoms with Gasteiger partial charge in [-0.25, -0.2) is 0 Å². The van der Waals surface area contributed by atoms with Crippen LogP contribution in [0, 0.1) is 5.41 Å². The van der Waals surface area contributed by atoms with Crippen molar-refractivity contribution in [2.45, 2.75) is 97.8 Å². The summed E-state index contributed by atoms with van der Waals surface area (Å²) in [6.07, 6.45) is 14.2. The third-order valence-electron chi connectivity index (χ3n) is 4.15. The second kappa shape index (κ2) is 11.3. The second-order valence-corrected chi connectivity index (χ2v) is 6.19. The van der Waals surface area contributed by atoms with Crippen LogP contribution in [0.1, 0.15) is 97.8 Å². The van der Waals surface area contributed by atoms with Gasteiger partial charge in [0, 0.05) is 0 Å². The Hall–Kier alpha value is -0.530. The molecule has 19 heavy (non-hydrogen) atoms. The predicted octanol–water partition coefficient (Wildman–Crippen LogP) is 5.80. The van der Waals surface area contributed by atoms with Gasteiger partial charge >= 0.3 is 5.97 Å². The first-order valence-electron chi connectivity index (χ1n) is 8.30. The van der Waals surface area contributed by atoms with Crippen molar-refractivity contribution in [1.82, 2.24) is 0 Å². The molecule has 1 unspecified atom stereocenters. The number of carboxylic acids is 1. The number of unbranched alkanes of at least 4 members (excludes halogenated alkanes) is 8. The standard InChI is InChI=1S/C17H34O2/c1-4-6-7-8-9-10-11-12-13-15-17(3,14-5-2)16(18)19/h4-15H2,1-3H3,(H,18,19). The summed E-state index contributed by atoms with van der Waals surface area (Å²) in [7, 11) is 0. The van der Waals surface area contributed by atoms with Crippen LogP contribution in [0.5, 0.6) is 0 Å². The van der Waals surface area contributed by atoms with Gasteiger partial charge in [-0.05, 0) is 19.8 Å². The van der Waals surface area contributed by atoms with Crippen molar-refractivity contribution in [1.29, 1.82) is 0 Å². The van der Waals surface area contributed by atoms with E-state index >= 15 is 0 Å². The van der Waals surface area contributed by atoms with Crippen LogP contribution >= 0.6 is 0 Å². The molecule has 0 heterocycles. The van der Waals surface area contributed by atoms with Gasteiger partial charge in [0.2, 0.25) is 0 Å². The molecule has 0 aromatic carbocycles. The maximum atomic E-state index is 11.3. The lowest BCUT2D eigenvalue weighted by Crippen LogP contribution is -2.27. The molecular weight excluding hydrogens is 236 g/mol. The maximum Gasteiger partial charge on any atom is 0.309 e. The van der Waals surface area contributed by atoms with Gasteiger partial charge in [-0.1, -0.05) is 78.1 Å². The van der Waals surface area contributed by atoms with E-state index in [-0.39, 0.29) is 0 Å². The molecule has 0 saturated carbocycles. The summed E-state index contributed by atoms with van der Waals surface area (Å²) < 4.78 is 0. The zero-order chi connectivity index (χ0) is 14.6. The van der Waals surface area contributed by atoms with E-state index in [9.17, 15) is 9.90 Å². The Balaban J connectivity index is 3.53. The molecule has 0 aliphatic carbocycles. The molecule has 0 aromatic rings. The Morgan fingerprint density at radius 1 is 0.789 bits per heavy atom. The van der Waals surface area contributed by atoms with E-state index in [4.69, 9.17) is 0 Å². The first kappa shape index (κ1) is 18.5. The van der Waals surface area contributed by atoms with Gasteiger partial charge < -0.3 is 5.11 Å². The fraction of sp³-hybridized carbons (Fsp3) is 0.941. The summed E-state index contributed by atoms with van der Waals surface area (Å²) in [4.78, 5) is 11.3. The Bertz CT molecular complexity index is 225. The van der Waals surface area contributed by atoms with Crippen LogP contribution in [0.2, 0.25) is 0 Å². The monoisotopic (exact) mass is 270 g/mol. The molecule has 2 heteroatoms. The Labute approximate surface area is 120 Å². The molecule has 0 aromatic heterocycles. The van der Waals surface area contributed by atoms with Crippen LogP contribution < -0.4 is 0 Å². The van der Waals surface area contributed by atoms with Crippen molar-refractivity contribution < 1.29 is 9.90 Å². The molecule has 0 rings (SSSR count). The van der Waals surface area contributed by atoms with Crippen molar-refractivity contribution in [3.63, 3.8) is 0 Å². The van der Waals surface area contributed by atoms with E-state index < -0.39 is 11.4 Å². The first-order chi connectivity index (χ1) is 9.06. The molecule has 0 radical (unpaired) electrons. The summed E-state index contributed by atoms with van der Waals surface area (Å²) in [5.74, 6) is -0.617. The average molecular weight is 270 g/mol. The quantitative estimate of drug-likeness (QED) is 0.429. The van der Waals surface area contributed by atoms with E-state index in [1.807, 2.05) is 6.92 Å². The van der Waals surface area contributed by atoms with Crippen molar-refractivity contribution in [3.05, 3.63) is 0 Å². The van der Waals surface area contributed by atoms with E-state index in [0.29, 0.717) is 0 Å². The van der Waals surface area contributed by atoms with Crippen LogP contribution in [-0.2, 0) is 4.79 Å². The Morgan fingerprint density at radius 2 is 1.26 bits per heavy atom. The minimum atomic E-state index is -0.617. The highest BCUT2D eigenvalue weighted by atomic mass is 16.4. The summed E-state index contributed by atoms with van der Waals surface area (Å²) in [6.45, 7) is 6.22. The van der Waals surface area contributed by atoms with Crippen LogP contribution in [0.4, 0.5) is 0 Å². The summed E-state index contributed by atoms with van der Waals surface area (Å²) >= 11 is 0. The summed E-state index contributed by atoms with van der Waals surface area (Å²) in [5.41, 5.74) is -0.490. The normalized spacial score (nSPS) is 14.3.